The lowest BCUT2D eigenvalue weighted by atomic mass is 10.1. The average Bonchev–Trinajstić information content (AvgIpc) is 3.13. The number of ether oxygens (including phenoxy) is 2. The molecule has 0 bridgehead atoms. The molecule has 1 aromatic heterocycles. The SMILES string of the molecule is OC(CNCCn1ccnc1)c1ccc2c(c1)OCO2. The number of hydrogen-bond donors (Lipinski definition) is 2. The zero-order valence-electron chi connectivity index (χ0n) is 11.0. The number of aliphatic hydroxyl groups excluding tert-OH is 1. The highest BCUT2D eigenvalue weighted by molar-refractivity contribution is 5.45. The van der Waals surface area contributed by atoms with Gasteiger partial charge in [0.2, 0.25) is 6.79 Å². The Balaban J connectivity index is 1.48. The second-order valence-electron chi connectivity index (χ2n) is 4.63. The van der Waals surface area contributed by atoms with Gasteiger partial charge in [0.25, 0.3) is 0 Å². The highest BCUT2D eigenvalue weighted by Crippen LogP contribution is 2.33. The second kappa shape index (κ2) is 5.94. The van der Waals surface area contributed by atoms with Crippen LogP contribution >= 0.6 is 0 Å². The van der Waals surface area contributed by atoms with Crippen LogP contribution in [0.25, 0.3) is 0 Å². The summed E-state index contributed by atoms with van der Waals surface area (Å²) in [7, 11) is 0. The quantitative estimate of drug-likeness (QED) is 0.768. The molecule has 1 atom stereocenters. The van der Waals surface area contributed by atoms with E-state index in [2.05, 4.69) is 10.3 Å². The van der Waals surface area contributed by atoms with Gasteiger partial charge in [0.05, 0.1) is 12.4 Å². The summed E-state index contributed by atoms with van der Waals surface area (Å²) in [5, 5.41) is 13.3. The van der Waals surface area contributed by atoms with Crippen LogP contribution in [0.15, 0.2) is 36.9 Å². The Labute approximate surface area is 117 Å². The summed E-state index contributed by atoms with van der Waals surface area (Å²) in [5.74, 6) is 1.42. The summed E-state index contributed by atoms with van der Waals surface area (Å²) in [4.78, 5) is 3.98. The van der Waals surface area contributed by atoms with Gasteiger partial charge >= 0.3 is 0 Å². The summed E-state index contributed by atoms with van der Waals surface area (Å²) in [5.41, 5.74) is 0.824. The number of aliphatic hydroxyl groups is 1. The third kappa shape index (κ3) is 2.92. The van der Waals surface area contributed by atoms with E-state index in [1.165, 1.54) is 0 Å². The first-order chi connectivity index (χ1) is 9.83. The topological polar surface area (TPSA) is 68.5 Å². The van der Waals surface area contributed by atoms with E-state index in [9.17, 15) is 5.11 Å². The van der Waals surface area contributed by atoms with Gasteiger partial charge in [-0.2, -0.15) is 0 Å². The van der Waals surface area contributed by atoms with Gasteiger partial charge in [-0.15, -0.1) is 0 Å². The number of rotatable bonds is 6. The Morgan fingerprint density at radius 3 is 3.10 bits per heavy atom. The molecule has 0 spiro atoms. The Hall–Kier alpha value is -2.05. The molecule has 0 saturated carbocycles. The number of aromatic nitrogens is 2. The van der Waals surface area contributed by atoms with Crippen LogP contribution in [0, 0.1) is 0 Å². The van der Waals surface area contributed by atoms with E-state index in [-0.39, 0.29) is 6.79 Å². The van der Waals surface area contributed by atoms with Crippen LogP contribution in [-0.4, -0.2) is 34.5 Å². The molecular formula is C14H17N3O3. The van der Waals surface area contributed by atoms with Crippen molar-refractivity contribution in [2.75, 3.05) is 19.9 Å². The molecule has 0 aliphatic carbocycles. The molecule has 0 fully saturated rings. The summed E-state index contributed by atoms with van der Waals surface area (Å²) in [6.07, 6.45) is 4.88. The van der Waals surface area contributed by atoms with Gasteiger partial charge in [0, 0.05) is 32.0 Å². The molecule has 20 heavy (non-hydrogen) atoms. The van der Waals surface area contributed by atoms with E-state index < -0.39 is 6.10 Å². The number of fused-ring (bicyclic) bond motifs is 1. The van der Waals surface area contributed by atoms with E-state index in [0.717, 1.165) is 24.4 Å². The molecule has 0 radical (unpaired) electrons. The summed E-state index contributed by atoms with van der Waals surface area (Å²) < 4.78 is 12.5. The minimum absolute atomic E-state index is 0.248. The van der Waals surface area contributed by atoms with Gasteiger partial charge in [-0.1, -0.05) is 6.07 Å². The predicted molar refractivity (Wildman–Crippen MR) is 72.6 cm³/mol. The number of imidazole rings is 1. The first-order valence-electron chi connectivity index (χ1n) is 6.57. The van der Waals surface area contributed by atoms with Crippen molar-refractivity contribution in [3.63, 3.8) is 0 Å². The van der Waals surface area contributed by atoms with Gasteiger partial charge < -0.3 is 24.5 Å². The number of nitrogens with one attached hydrogen (secondary N) is 1. The molecule has 1 aliphatic heterocycles. The lowest BCUT2D eigenvalue weighted by molar-refractivity contribution is 0.170. The molecule has 1 unspecified atom stereocenters. The van der Waals surface area contributed by atoms with Crippen LogP contribution in [0.3, 0.4) is 0 Å². The highest BCUT2D eigenvalue weighted by Gasteiger charge is 2.16. The molecule has 1 aliphatic rings. The molecule has 2 N–H and O–H groups in total. The van der Waals surface area contributed by atoms with Crippen molar-refractivity contribution in [3.05, 3.63) is 42.5 Å². The molecule has 2 heterocycles. The van der Waals surface area contributed by atoms with Crippen molar-refractivity contribution in [1.82, 2.24) is 14.9 Å². The predicted octanol–water partition coefficient (Wildman–Crippen LogP) is 0.935. The maximum Gasteiger partial charge on any atom is 0.231 e. The van der Waals surface area contributed by atoms with Crippen molar-refractivity contribution in [3.8, 4) is 11.5 Å². The van der Waals surface area contributed by atoms with Crippen LogP contribution < -0.4 is 14.8 Å². The molecule has 106 valence electrons. The Morgan fingerprint density at radius 2 is 2.25 bits per heavy atom. The first-order valence-corrected chi connectivity index (χ1v) is 6.57. The molecule has 0 saturated heterocycles. The molecule has 0 amide bonds. The number of nitrogens with zero attached hydrogens (tertiary/aromatic N) is 2. The van der Waals surface area contributed by atoms with Gasteiger partial charge in [-0.3, -0.25) is 0 Å². The van der Waals surface area contributed by atoms with Gasteiger partial charge in [-0.25, -0.2) is 4.98 Å². The number of hydrogen-bond acceptors (Lipinski definition) is 5. The molecule has 1 aromatic carbocycles. The van der Waals surface area contributed by atoms with Crippen LogP contribution in [0.4, 0.5) is 0 Å². The Bertz CT molecular complexity index is 557. The third-order valence-electron chi connectivity index (χ3n) is 3.23. The van der Waals surface area contributed by atoms with Gasteiger partial charge in [-0.05, 0) is 17.7 Å². The minimum Gasteiger partial charge on any atom is -0.454 e. The summed E-state index contributed by atoms with van der Waals surface area (Å²) in [6, 6.07) is 5.51. The summed E-state index contributed by atoms with van der Waals surface area (Å²) >= 11 is 0. The smallest absolute Gasteiger partial charge is 0.231 e. The molecular weight excluding hydrogens is 258 g/mol. The fraction of sp³-hybridized carbons (Fsp3) is 0.357. The van der Waals surface area contributed by atoms with Crippen molar-refractivity contribution in [1.29, 1.82) is 0 Å². The zero-order chi connectivity index (χ0) is 13.8. The van der Waals surface area contributed by atoms with E-state index in [1.54, 1.807) is 12.5 Å². The monoisotopic (exact) mass is 275 g/mol. The fourth-order valence-electron chi connectivity index (χ4n) is 2.10. The zero-order valence-corrected chi connectivity index (χ0v) is 11.0. The fourth-order valence-corrected chi connectivity index (χ4v) is 2.10. The molecule has 3 rings (SSSR count). The van der Waals surface area contributed by atoms with Crippen LogP contribution in [0.5, 0.6) is 11.5 Å². The Kier molecular flexibility index (Phi) is 3.85. The third-order valence-corrected chi connectivity index (χ3v) is 3.23. The standard InChI is InChI=1S/C14H17N3O3/c18-12(8-15-3-5-17-6-4-16-9-17)11-1-2-13-14(7-11)20-10-19-13/h1-2,4,6-7,9,12,15,18H,3,5,8,10H2. The average molecular weight is 275 g/mol. The van der Waals surface area contributed by atoms with Crippen LogP contribution in [0.1, 0.15) is 11.7 Å². The first kappa shape index (κ1) is 13.0. The van der Waals surface area contributed by atoms with E-state index in [1.807, 2.05) is 29.0 Å². The van der Waals surface area contributed by atoms with E-state index in [4.69, 9.17) is 9.47 Å². The van der Waals surface area contributed by atoms with Crippen molar-refractivity contribution < 1.29 is 14.6 Å². The Morgan fingerprint density at radius 1 is 1.35 bits per heavy atom. The van der Waals surface area contributed by atoms with Crippen LogP contribution in [0.2, 0.25) is 0 Å². The van der Waals surface area contributed by atoms with Crippen molar-refractivity contribution in [2.45, 2.75) is 12.6 Å². The second-order valence-corrected chi connectivity index (χ2v) is 4.63. The molecule has 2 aromatic rings. The van der Waals surface area contributed by atoms with Gasteiger partial charge in [0.1, 0.15) is 0 Å². The highest BCUT2D eigenvalue weighted by atomic mass is 16.7. The maximum absolute atomic E-state index is 10.1. The summed E-state index contributed by atoms with van der Waals surface area (Å²) in [6.45, 7) is 2.35. The maximum atomic E-state index is 10.1. The molecule has 6 heteroatoms. The van der Waals surface area contributed by atoms with E-state index in [0.29, 0.717) is 12.3 Å². The number of benzene rings is 1. The van der Waals surface area contributed by atoms with Crippen LogP contribution in [-0.2, 0) is 6.54 Å². The van der Waals surface area contributed by atoms with Crippen molar-refractivity contribution in [2.24, 2.45) is 0 Å². The molecule has 6 nitrogen and oxygen atoms in total. The van der Waals surface area contributed by atoms with E-state index >= 15 is 0 Å². The lowest BCUT2D eigenvalue weighted by Gasteiger charge is -2.13. The van der Waals surface area contributed by atoms with Gasteiger partial charge in [0.15, 0.2) is 11.5 Å². The van der Waals surface area contributed by atoms with Crippen molar-refractivity contribution >= 4 is 0 Å². The minimum atomic E-state index is -0.563. The largest absolute Gasteiger partial charge is 0.454 e. The lowest BCUT2D eigenvalue weighted by Crippen LogP contribution is -2.25. The normalized spacial score (nSPS) is 14.4.